The highest BCUT2D eigenvalue weighted by molar-refractivity contribution is 7.24. The normalized spacial score (nSPS) is 10.5. The maximum atomic E-state index is 13.0. The van der Waals surface area contributed by atoms with Crippen molar-refractivity contribution in [3.63, 3.8) is 0 Å². The summed E-state index contributed by atoms with van der Waals surface area (Å²) in [6.07, 6.45) is 2.42. The SMILES string of the molecule is C=CC(=O)NCc1ccc2sc3ccc(CNC(=O)C=C)cc3c(=O)c2c1. The van der Waals surface area contributed by atoms with E-state index in [9.17, 15) is 14.4 Å². The van der Waals surface area contributed by atoms with Gasteiger partial charge in [-0.15, -0.1) is 11.3 Å². The summed E-state index contributed by atoms with van der Waals surface area (Å²) in [5, 5.41) is 6.65. The van der Waals surface area contributed by atoms with E-state index in [1.165, 1.54) is 23.5 Å². The number of hydrogen-bond donors (Lipinski definition) is 2. The van der Waals surface area contributed by atoms with Gasteiger partial charge in [-0.3, -0.25) is 14.4 Å². The Hall–Kier alpha value is -3.25. The van der Waals surface area contributed by atoms with Gasteiger partial charge in [-0.1, -0.05) is 25.3 Å². The second kappa shape index (κ2) is 7.97. The van der Waals surface area contributed by atoms with Crippen LogP contribution in [0.5, 0.6) is 0 Å². The standard InChI is InChI=1S/C21H18N2O3S/c1-3-19(24)22-11-13-5-7-17-15(9-13)21(26)16-10-14(6-8-18(16)27-17)12-23-20(25)4-2/h3-10H,1-2,11-12H2,(H,22,24)(H,23,25). The number of carbonyl (C=O) groups is 2. The fraction of sp³-hybridized carbons (Fsp3) is 0.0952. The Kier molecular flexibility index (Phi) is 5.47. The van der Waals surface area contributed by atoms with Gasteiger partial charge < -0.3 is 10.6 Å². The molecule has 0 atom stereocenters. The number of benzene rings is 2. The van der Waals surface area contributed by atoms with Gasteiger partial charge in [-0.05, 0) is 47.5 Å². The van der Waals surface area contributed by atoms with E-state index in [1.54, 1.807) is 0 Å². The number of carbonyl (C=O) groups excluding carboxylic acids is 2. The molecule has 0 aliphatic rings. The van der Waals surface area contributed by atoms with E-state index < -0.39 is 0 Å². The molecule has 2 amide bonds. The van der Waals surface area contributed by atoms with E-state index in [1.807, 2.05) is 36.4 Å². The molecule has 3 rings (SSSR count). The lowest BCUT2D eigenvalue weighted by Crippen LogP contribution is -2.20. The predicted octanol–water partition coefficient (Wildman–Crippen LogP) is 3.02. The Morgan fingerprint density at radius 2 is 1.30 bits per heavy atom. The molecular weight excluding hydrogens is 360 g/mol. The summed E-state index contributed by atoms with van der Waals surface area (Å²) in [4.78, 5) is 35.6. The van der Waals surface area contributed by atoms with Gasteiger partial charge in [0, 0.05) is 33.3 Å². The van der Waals surface area contributed by atoms with Crippen LogP contribution in [0.4, 0.5) is 0 Å². The van der Waals surface area contributed by atoms with E-state index in [-0.39, 0.29) is 17.2 Å². The van der Waals surface area contributed by atoms with Gasteiger partial charge >= 0.3 is 0 Å². The van der Waals surface area contributed by atoms with Crippen molar-refractivity contribution >= 4 is 43.3 Å². The summed E-state index contributed by atoms with van der Waals surface area (Å²) >= 11 is 1.53. The minimum Gasteiger partial charge on any atom is -0.348 e. The van der Waals surface area contributed by atoms with Crippen LogP contribution < -0.4 is 16.1 Å². The molecule has 0 bridgehead atoms. The van der Waals surface area contributed by atoms with Gasteiger partial charge in [0.2, 0.25) is 11.8 Å². The zero-order valence-corrected chi connectivity index (χ0v) is 15.4. The van der Waals surface area contributed by atoms with Crippen molar-refractivity contribution < 1.29 is 9.59 Å². The molecule has 0 saturated carbocycles. The molecule has 3 aromatic rings. The first-order valence-electron chi connectivity index (χ1n) is 8.30. The first-order valence-corrected chi connectivity index (χ1v) is 9.12. The van der Waals surface area contributed by atoms with Crippen LogP contribution in [0, 0.1) is 0 Å². The molecule has 2 aromatic carbocycles. The fourth-order valence-corrected chi connectivity index (χ4v) is 3.73. The third-order valence-corrected chi connectivity index (χ3v) is 5.25. The summed E-state index contributed by atoms with van der Waals surface area (Å²) < 4.78 is 1.78. The molecule has 0 fully saturated rings. The van der Waals surface area contributed by atoms with Crippen LogP contribution in [0.25, 0.3) is 20.2 Å². The minimum atomic E-state index is -0.259. The summed E-state index contributed by atoms with van der Waals surface area (Å²) in [5.41, 5.74) is 1.62. The molecule has 136 valence electrons. The molecule has 0 saturated heterocycles. The van der Waals surface area contributed by atoms with E-state index in [0.29, 0.717) is 23.9 Å². The Bertz CT molecular complexity index is 1050. The molecule has 0 spiro atoms. The van der Waals surface area contributed by atoms with Crippen molar-refractivity contribution in [2.45, 2.75) is 13.1 Å². The van der Waals surface area contributed by atoms with Gasteiger partial charge in [0.1, 0.15) is 0 Å². The second-order valence-electron chi connectivity index (χ2n) is 5.94. The molecule has 5 nitrogen and oxygen atoms in total. The van der Waals surface area contributed by atoms with Gasteiger partial charge in [-0.25, -0.2) is 0 Å². The van der Waals surface area contributed by atoms with Crippen LogP contribution in [0.2, 0.25) is 0 Å². The maximum Gasteiger partial charge on any atom is 0.243 e. The monoisotopic (exact) mass is 378 g/mol. The third kappa shape index (κ3) is 4.12. The van der Waals surface area contributed by atoms with E-state index in [4.69, 9.17) is 0 Å². The predicted molar refractivity (Wildman–Crippen MR) is 110 cm³/mol. The van der Waals surface area contributed by atoms with Gasteiger partial charge in [0.05, 0.1) is 0 Å². The number of amides is 2. The average Bonchev–Trinajstić information content (AvgIpc) is 2.70. The van der Waals surface area contributed by atoms with Crippen molar-refractivity contribution in [3.05, 3.63) is 83.1 Å². The quantitative estimate of drug-likeness (QED) is 0.511. The Morgan fingerprint density at radius 1 is 0.852 bits per heavy atom. The molecular formula is C21H18N2O3S. The number of nitrogens with one attached hydrogen (secondary N) is 2. The lowest BCUT2D eigenvalue weighted by molar-refractivity contribution is -0.117. The molecule has 1 heterocycles. The number of hydrogen-bond acceptors (Lipinski definition) is 4. The lowest BCUT2D eigenvalue weighted by atomic mass is 10.1. The van der Waals surface area contributed by atoms with Crippen molar-refractivity contribution in [2.75, 3.05) is 0 Å². The first-order chi connectivity index (χ1) is 13.0. The molecule has 0 unspecified atom stereocenters. The average molecular weight is 378 g/mol. The molecule has 0 aliphatic carbocycles. The summed E-state index contributed by atoms with van der Waals surface area (Å²) in [5.74, 6) is -0.519. The maximum absolute atomic E-state index is 13.0. The number of rotatable bonds is 6. The highest BCUT2D eigenvalue weighted by atomic mass is 32.1. The first kappa shape index (κ1) is 18.5. The molecule has 2 N–H and O–H groups in total. The van der Waals surface area contributed by atoms with E-state index >= 15 is 0 Å². The van der Waals surface area contributed by atoms with E-state index in [2.05, 4.69) is 23.8 Å². The largest absolute Gasteiger partial charge is 0.348 e. The minimum absolute atomic E-state index is 0.0625. The molecule has 1 aromatic heterocycles. The van der Waals surface area contributed by atoms with Gasteiger partial charge in [0.25, 0.3) is 0 Å². The highest BCUT2D eigenvalue weighted by Crippen LogP contribution is 2.26. The van der Waals surface area contributed by atoms with Crippen molar-refractivity contribution in [1.82, 2.24) is 10.6 Å². The topological polar surface area (TPSA) is 75.3 Å². The van der Waals surface area contributed by atoms with Crippen LogP contribution in [0.1, 0.15) is 11.1 Å². The van der Waals surface area contributed by atoms with Gasteiger partial charge in [-0.2, -0.15) is 0 Å². The summed E-state index contributed by atoms with van der Waals surface area (Å²) in [6, 6.07) is 11.2. The summed E-state index contributed by atoms with van der Waals surface area (Å²) in [7, 11) is 0. The van der Waals surface area contributed by atoms with Gasteiger partial charge in [0.15, 0.2) is 5.43 Å². The molecule has 0 aliphatic heterocycles. The smallest absolute Gasteiger partial charge is 0.243 e. The van der Waals surface area contributed by atoms with Crippen molar-refractivity contribution in [3.8, 4) is 0 Å². The molecule has 0 radical (unpaired) electrons. The zero-order valence-electron chi connectivity index (χ0n) is 14.6. The second-order valence-corrected chi connectivity index (χ2v) is 7.02. The Labute approximate surface area is 160 Å². The molecule has 6 heteroatoms. The van der Waals surface area contributed by atoms with Crippen molar-refractivity contribution in [1.29, 1.82) is 0 Å². The fourth-order valence-electron chi connectivity index (χ4n) is 2.69. The zero-order chi connectivity index (χ0) is 19.4. The van der Waals surface area contributed by atoms with Crippen LogP contribution in [-0.2, 0) is 22.7 Å². The van der Waals surface area contributed by atoms with E-state index in [0.717, 1.165) is 20.5 Å². The highest BCUT2D eigenvalue weighted by Gasteiger charge is 2.09. The van der Waals surface area contributed by atoms with Crippen LogP contribution in [0.15, 0.2) is 66.5 Å². The Morgan fingerprint density at radius 3 is 1.70 bits per heavy atom. The van der Waals surface area contributed by atoms with Crippen LogP contribution in [0.3, 0.4) is 0 Å². The van der Waals surface area contributed by atoms with Crippen LogP contribution >= 0.6 is 11.3 Å². The third-order valence-electron chi connectivity index (χ3n) is 4.10. The number of fused-ring (bicyclic) bond motifs is 2. The Balaban J connectivity index is 1.99. The summed E-state index contributed by atoms with van der Waals surface area (Å²) in [6.45, 7) is 7.50. The van der Waals surface area contributed by atoms with Crippen molar-refractivity contribution in [2.24, 2.45) is 0 Å². The lowest BCUT2D eigenvalue weighted by Gasteiger charge is -2.07. The van der Waals surface area contributed by atoms with Crippen LogP contribution in [-0.4, -0.2) is 11.8 Å². The molecule has 27 heavy (non-hydrogen) atoms.